The summed E-state index contributed by atoms with van der Waals surface area (Å²) in [6.45, 7) is 5.91. The summed E-state index contributed by atoms with van der Waals surface area (Å²) in [5.74, 6) is -0.274. The van der Waals surface area contributed by atoms with Crippen molar-refractivity contribution in [2.45, 2.75) is 38.6 Å². The van der Waals surface area contributed by atoms with Crippen LogP contribution >= 0.6 is 0 Å². The molecular formula is C28H30N2O5. The first-order valence-electron chi connectivity index (χ1n) is 11.8. The van der Waals surface area contributed by atoms with Gasteiger partial charge in [0.25, 0.3) is 11.5 Å². The minimum Gasteiger partial charge on any atom is -0.396 e. The van der Waals surface area contributed by atoms with Gasteiger partial charge in [0.15, 0.2) is 6.29 Å². The van der Waals surface area contributed by atoms with Crippen LogP contribution in [0, 0.1) is 0 Å². The van der Waals surface area contributed by atoms with Gasteiger partial charge < -0.3 is 19.7 Å². The summed E-state index contributed by atoms with van der Waals surface area (Å²) in [5, 5.41) is 21.5. The van der Waals surface area contributed by atoms with Crippen molar-refractivity contribution in [1.29, 1.82) is 0 Å². The van der Waals surface area contributed by atoms with E-state index in [2.05, 4.69) is 6.58 Å². The third-order valence-electron chi connectivity index (χ3n) is 7.03. The van der Waals surface area contributed by atoms with E-state index in [0.717, 1.165) is 17.7 Å². The van der Waals surface area contributed by atoms with Crippen molar-refractivity contribution < 1.29 is 19.8 Å². The molecule has 1 aromatic heterocycles. The third kappa shape index (κ3) is 4.11. The Morgan fingerprint density at radius 1 is 1.14 bits per heavy atom. The van der Waals surface area contributed by atoms with Gasteiger partial charge in [0.2, 0.25) is 0 Å². The van der Waals surface area contributed by atoms with Gasteiger partial charge in [-0.3, -0.25) is 14.4 Å². The average molecular weight is 475 g/mol. The summed E-state index contributed by atoms with van der Waals surface area (Å²) in [5.41, 5.74) is 2.33. The first-order valence-corrected chi connectivity index (χ1v) is 11.8. The van der Waals surface area contributed by atoms with Gasteiger partial charge in [-0.2, -0.15) is 0 Å². The van der Waals surface area contributed by atoms with Crippen LogP contribution in [0.3, 0.4) is 0 Å². The number of carbonyl (C=O) groups is 2. The zero-order chi connectivity index (χ0) is 25.3. The number of aromatic nitrogens is 1. The van der Waals surface area contributed by atoms with Crippen LogP contribution in [-0.2, 0) is 0 Å². The van der Waals surface area contributed by atoms with E-state index in [9.17, 15) is 19.5 Å². The fourth-order valence-corrected chi connectivity index (χ4v) is 4.99. The molecule has 1 unspecified atom stereocenters. The van der Waals surface area contributed by atoms with Gasteiger partial charge in [-0.15, -0.1) is 0 Å². The van der Waals surface area contributed by atoms with E-state index in [1.807, 2.05) is 19.1 Å². The number of pyridine rings is 1. The van der Waals surface area contributed by atoms with Gasteiger partial charge >= 0.3 is 0 Å². The fraction of sp³-hybridized carbons (Fsp3) is 0.321. The van der Waals surface area contributed by atoms with E-state index in [4.69, 9.17) is 5.11 Å². The van der Waals surface area contributed by atoms with Crippen molar-refractivity contribution in [2.24, 2.45) is 0 Å². The first-order chi connectivity index (χ1) is 16.9. The second-order valence-electron chi connectivity index (χ2n) is 8.92. The zero-order valence-corrected chi connectivity index (χ0v) is 20.1. The smallest absolute Gasteiger partial charge is 0.259 e. The fourth-order valence-electron chi connectivity index (χ4n) is 4.99. The lowest BCUT2D eigenvalue weighted by Crippen LogP contribution is -2.38. The number of hydrogen-bond acceptors (Lipinski definition) is 5. The molecule has 1 aliphatic carbocycles. The molecule has 35 heavy (non-hydrogen) atoms. The van der Waals surface area contributed by atoms with Crippen LogP contribution in [0.5, 0.6) is 0 Å². The number of hydrogen-bond donors (Lipinski definition) is 2. The Labute approximate surface area is 203 Å². The molecule has 0 saturated heterocycles. The highest BCUT2D eigenvalue weighted by molar-refractivity contribution is 6.21. The number of nitrogens with zero attached hydrogens (tertiary/aromatic N) is 2. The van der Waals surface area contributed by atoms with E-state index < -0.39 is 6.04 Å². The minimum absolute atomic E-state index is 0.0949. The van der Waals surface area contributed by atoms with Crippen LogP contribution in [0.2, 0.25) is 0 Å². The molecule has 182 valence electrons. The Morgan fingerprint density at radius 2 is 1.89 bits per heavy atom. The SMILES string of the molecule is C=c1c2ccc(C=O)c3c(C(=O)N(C)C4=CC=C(CCO)CC4)ccc(c(=O)n1C(CC)CO)c32. The highest BCUT2D eigenvalue weighted by Gasteiger charge is 2.24. The molecule has 7 nitrogen and oxygen atoms in total. The molecule has 0 saturated carbocycles. The Hall–Kier alpha value is -3.55. The van der Waals surface area contributed by atoms with Crippen molar-refractivity contribution in [3.8, 4) is 0 Å². The van der Waals surface area contributed by atoms with E-state index in [1.165, 1.54) is 4.57 Å². The molecule has 2 aromatic carbocycles. The maximum atomic E-state index is 13.6. The van der Waals surface area contributed by atoms with Gasteiger partial charge in [-0.05, 0) is 43.9 Å². The molecule has 1 amide bonds. The molecule has 1 heterocycles. The normalized spacial score (nSPS) is 14.6. The van der Waals surface area contributed by atoms with Crippen molar-refractivity contribution in [3.05, 3.63) is 74.5 Å². The summed E-state index contributed by atoms with van der Waals surface area (Å²) in [4.78, 5) is 40.7. The second kappa shape index (κ2) is 9.98. The van der Waals surface area contributed by atoms with Crippen molar-refractivity contribution in [3.63, 3.8) is 0 Å². The molecule has 1 atom stereocenters. The molecular weight excluding hydrogens is 444 g/mol. The number of benzene rings is 2. The Morgan fingerprint density at radius 3 is 2.49 bits per heavy atom. The first kappa shape index (κ1) is 24.6. The number of amides is 1. The molecule has 0 aliphatic heterocycles. The molecule has 7 heteroatoms. The van der Waals surface area contributed by atoms with Gasteiger partial charge in [0.05, 0.1) is 12.6 Å². The monoisotopic (exact) mass is 474 g/mol. The lowest BCUT2D eigenvalue weighted by molar-refractivity contribution is 0.0833. The number of rotatable bonds is 8. The minimum atomic E-state index is -0.418. The highest BCUT2D eigenvalue weighted by atomic mass is 16.3. The number of carbonyl (C=O) groups excluding carboxylic acids is 2. The van der Waals surface area contributed by atoms with Crippen LogP contribution in [-0.4, -0.2) is 52.1 Å². The highest BCUT2D eigenvalue weighted by Crippen LogP contribution is 2.31. The number of aldehydes is 1. The van der Waals surface area contributed by atoms with Crippen LogP contribution in [0.4, 0.5) is 0 Å². The Kier molecular flexibility index (Phi) is 7.00. The largest absolute Gasteiger partial charge is 0.396 e. The second-order valence-corrected chi connectivity index (χ2v) is 8.92. The Bertz CT molecular complexity index is 1440. The standard InChI is InChI=1S/C28H30N2O5/c1-4-20(16-33)30-17(2)22-10-7-19(15-32)25-23(11-12-24(26(22)25)28(30)35)27(34)29(3)21-8-5-18(6-9-21)13-14-31/h5,7-8,10-12,15,20,31,33H,2,4,6,9,13-14,16H2,1,3H3. The predicted molar refractivity (Wildman–Crippen MR) is 137 cm³/mol. The van der Waals surface area contributed by atoms with E-state index in [0.29, 0.717) is 63.6 Å². The summed E-state index contributed by atoms with van der Waals surface area (Å²) in [7, 11) is 1.70. The molecule has 2 N–H and O–H groups in total. The summed E-state index contributed by atoms with van der Waals surface area (Å²) in [6.07, 6.45) is 7.13. The third-order valence-corrected chi connectivity index (χ3v) is 7.03. The molecule has 0 radical (unpaired) electrons. The van der Waals surface area contributed by atoms with E-state index >= 15 is 0 Å². The number of aliphatic hydroxyl groups is 2. The van der Waals surface area contributed by atoms with E-state index in [1.54, 1.807) is 36.2 Å². The van der Waals surface area contributed by atoms with Crippen LogP contribution in [0.25, 0.3) is 28.1 Å². The maximum absolute atomic E-state index is 13.6. The van der Waals surface area contributed by atoms with Crippen LogP contribution in [0.1, 0.15) is 59.4 Å². The van der Waals surface area contributed by atoms with Gasteiger partial charge in [0, 0.05) is 57.4 Å². The van der Waals surface area contributed by atoms with Gasteiger partial charge in [-0.1, -0.05) is 37.3 Å². The predicted octanol–water partition coefficient (Wildman–Crippen LogP) is 3.10. The number of aliphatic hydroxyl groups excluding tert-OH is 2. The lowest BCUT2D eigenvalue weighted by Gasteiger charge is -2.25. The number of allylic oxidation sites excluding steroid dienone is 3. The van der Waals surface area contributed by atoms with Crippen molar-refractivity contribution in [2.75, 3.05) is 20.3 Å². The van der Waals surface area contributed by atoms with Gasteiger partial charge in [-0.25, -0.2) is 0 Å². The molecule has 1 aliphatic rings. The van der Waals surface area contributed by atoms with Gasteiger partial charge in [0.1, 0.15) is 0 Å². The van der Waals surface area contributed by atoms with Crippen LogP contribution < -0.4 is 10.9 Å². The lowest BCUT2D eigenvalue weighted by atomic mass is 9.92. The average Bonchev–Trinajstić information content (AvgIpc) is 2.88. The van der Waals surface area contributed by atoms with Crippen LogP contribution in [0.15, 0.2) is 52.5 Å². The molecule has 3 aromatic rings. The zero-order valence-electron chi connectivity index (χ0n) is 20.1. The topological polar surface area (TPSA) is 99.8 Å². The maximum Gasteiger partial charge on any atom is 0.259 e. The molecule has 0 bridgehead atoms. The molecule has 0 spiro atoms. The Balaban J connectivity index is 1.93. The quantitative estimate of drug-likeness (QED) is 0.489. The summed E-state index contributed by atoms with van der Waals surface area (Å²) < 4.78 is 1.51. The molecule has 4 rings (SSSR count). The molecule has 0 fully saturated rings. The van der Waals surface area contributed by atoms with Crippen molar-refractivity contribution >= 4 is 40.3 Å². The van der Waals surface area contributed by atoms with Crippen molar-refractivity contribution in [1.82, 2.24) is 9.47 Å². The van der Waals surface area contributed by atoms with E-state index in [-0.39, 0.29) is 24.7 Å². The summed E-state index contributed by atoms with van der Waals surface area (Å²) >= 11 is 0. The summed E-state index contributed by atoms with van der Waals surface area (Å²) in [6, 6.07) is 6.21.